The predicted octanol–water partition coefficient (Wildman–Crippen LogP) is 1.92. The highest BCUT2D eigenvalue weighted by molar-refractivity contribution is 5.52. The average molecular weight is 320 g/mol. The highest BCUT2D eigenvalue weighted by atomic mass is 16.5. The molecule has 0 saturated carbocycles. The summed E-state index contributed by atoms with van der Waals surface area (Å²) in [6.45, 7) is 2.04. The number of rotatable bonds is 4. The van der Waals surface area contributed by atoms with Gasteiger partial charge < -0.3 is 4.74 Å². The quantitative estimate of drug-likeness (QED) is 0.689. The number of aromatic nitrogens is 4. The highest BCUT2D eigenvalue weighted by Gasteiger charge is 2.14. The fourth-order valence-corrected chi connectivity index (χ4v) is 2.31. The van der Waals surface area contributed by atoms with E-state index in [4.69, 9.17) is 4.74 Å². The maximum Gasteiger partial charge on any atom is 0.368 e. The number of aryl methyl sites for hydroxylation is 1. The molecule has 0 aliphatic rings. The summed E-state index contributed by atoms with van der Waals surface area (Å²) < 4.78 is 8.28. The van der Waals surface area contributed by atoms with E-state index in [1.165, 1.54) is 9.36 Å². The van der Waals surface area contributed by atoms with E-state index < -0.39 is 0 Å². The Balaban J connectivity index is 2.05. The maximum atomic E-state index is 12.2. The summed E-state index contributed by atoms with van der Waals surface area (Å²) in [7, 11) is 1.56. The summed E-state index contributed by atoms with van der Waals surface area (Å²) in [4.78, 5) is 12.2. The number of ether oxygens (including phenoxy) is 1. The maximum absolute atomic E-state index is 12.2. The first kappa shape index (κ1) is 15.6. The van der Waals surface area contributed by atoms with Crippen LogP contribution in [-0.4, -0.2) is 19.8 Å². The van der Waals surface area contributed by atoms with Gasteiger partial charge in [0, 0.05) is 18.2 Å². The Bertz CT molecular complexity index is 962. The minimum Gasteiger partial charge on any atom is -0.489 e. The van der Waals surface area contributed by atoms with Crippen LogP contribution in [0.25, 0.3) is 5.69 Å². The molecule has 6 nitrogen and oxygen atoms in total. The van der Waals surface area contributed by atoms with Gasteiger partial charge >= 0.3 is 5.69 Å². The van der Waals surface area contributed by atoms with Crippen molar-refractivity contribution in [3.63, 3.8) is 0 Å². The molecule has 3 rings (SSSR count). The molecule has 1 aromatic heterocycles. The molecule has 0 saturated heterocycles. The third-order valence-corrected chi connectivity index (χ3v) is 3.49. The lowest BCUT2D eigenvalue weighted by Gasteiger charge is -2.12. The lowest BCUT2D eigenvalue weighted by atomic mass is 10.1. The molecule has 0 aliphatic carbocycles. The topological polar surface area (TPSA) is 61.9 Å². The van der Waals surface area contributed by atoms with Crippen LogP contribution in [0.1, 0.15) is 18.1 Å². The van der Waals surface area contributed by atoms with E-state index in [0.717, 1.165) is 16.9 Å². The first-order valence-corrected chi connectivity index (χ1v) is 7.42. The molecule has 3 aromatic rings. The largest absolute Gasteiger partial charge is 0.489 e. The summed E-state index contributed by atoms with van der Waals surface area (Å²) in [5, 5.41) is 7.68. The van der Waals surface area contributed by atoms with E-state index in [2.05, 4.69) is 22.3 Å². The molecule has 0 N–H and O–H groups in total. The molecule has 24 heavy (non-hydrogen) atoms. The molecule has 120 valence electrons. The Labute approximate surface area is 139 Å². The van der Waals surface area contributed by atoms with Crippen LogP contribution in [-0.2, 0) is 13.7 Å². The average Bonchev–Trinajstić information content (AvgIpc) is 2.94. The van der Waals surface area contributed by atoms with Gasteiger partial charge in [-0.2, -0.15) is 9.36 Å². The minimum absolute atomic E-state index is 0.271. The fourth-order valence-electron chi connectivity index (χ4n) is 2.31. The van der Waals surface area contributed by atoms with Crippen LogP contribution in [0.3, 0.4) is 0 Å². The highest BCUT2D eigenvalue weighted by Crippen LogP contribution is 2.20. The van der Waals surface area contributed by atoms with Crippen LogP contribution in [0.4, 0.5) is 0 Å². The van der Waals surface area contributed by atoms with Gasteiger partial charge in [0.25, 0.3) is 0 Å². The Hall–Kier alpha value is -3.33. The third kappa shape index (κ3) is 3.06. The second-order valence-electron chi connectivity index (χ2n) is 5.08. The fraction of sp³-hybridized carbons (Fsp3) is 0.167. The normalized spacial score (nSPS) is 10.1. The van der Waals surface area contributed by atoms with Gasteiger partial charge in [-0.15, -0.1) is 5.92 Å². The number of benzene rings is 2. The molecule has 0 spiro atoms. The molecular formula is C18H16N4O2. The van der Waals surface area contributed by atoms with Crippen LogP contribution in [0.5, 0.6) is 5.75 Å². The van der Waals surface area contributed by atoms with Gasteiger partial charge in [-0.1, -0.05) is 30.2 Å². The van der Waals surface area contributed by atoms with Crippen molar-refractivity contribution in [2.45, 2.75) is 13.5 Å². The van der Waals surface area contributed by atoms with Gasteiger partial charge in [0.15, 0.2) is 0 Å². The van der Waals surface area contributed by atoms with Crippen molar-refractivity contribution < 1.29 is 4.74 Å². The van der Waals surface area contributed by atoms with Crippen molar-refractivity contribution >= 4 is 0 Å². The Morgan fingerprint density at radius 2 is 1.88 bits per heavy atom. The van der Waals surface area contributed by atoms with E-state index >= 15 is 0 Å². The van der Waals surface area contributed by atoms with Crippen molar-refractivity contribution in [2.24, 2.45) is 7.05 Å². The molecule has 0 atom stereocenters. The molecule has 2 aromatic carbocycles. The van der Waals surface area contributed by atoms with Crippen molar-refractivity contribution in [3.8, 4) is 23.3 Å². The van der Waals surface area contributed by atoms with Crippen LogP contribution >= 0.6 is 0 Å². The zero-order chi connectivity index (χ0) is 16.9. The molecule has 0 bridgehead atoms. The zero-order valence-electron chi connectivity index (χ0n) is 13.4. The molecule has 0 fully saturated rings. The molecule has 0 radical (unpaired) electrons. The first-order valence-electron chi connectivity index (χ1n) is 7.42. The van der Waals surface area contributed by atoms with Gasteiger partial charge in [0.05, 0.1) is 5.69 Å². The van der Waals surface area contributed by atoms with E-state index in [1.54, 1.807) is 20.0 Å². The van der Waals surface area contributed by atoms with Crippen molar-refractivity contribution in [1.29, 1.82) is 0 Å². The minimum atomic E-state index is -0.322. The van der Waals surface area contributed by atoms with Crippen LogP contribution in [0.2, 0.25) is 0 Å². The summed E-state index contributed by atoms with van der Waals surface area (Å²) >= 11 is 0. The monoisotopic (exact) mass is 320 g/mol. The Morgan fingerprint density at radius 3 is 2.54 bits per heavy atom. The number of hydrogen-bond acceptors (Lipinski definition) is 4. The van der Waals surface area contributed by atoms with E-state index in [0.29, 0.717) is 5.69 Å². The van der Waals surface area contributed by atoms with Crippen LogP contribution in [0, 0.1) is 11.8 Å². The molecular weight excluding hydrogens is 304 g/mol. The second kappa shape index (κ2) is 6.84. The molecule has 1 heterocycles. The summed E-state index contributed by atoms with van der Waals surface area (Å²) in [6.07, 6.45) is 0. The van der Waals surface area contributed by atoms with E-state index in [1.807, 2.05) is 42.5 Å². The smallest absolute Gasteiger partial charge is 0.368 e. The lowest BCUT2D eigenvalue weighted by molar-refractivity contribution is 0.305. The second-order valence-corrected chi connectivity index (χ2v) is 5.08. The van der Waals surface area contributed by atoms with E-state index in [-0.39, 0.29) is 12.3 Å². The van der Waals surface area contributed by atoms with Crippen molar-refractivity contribution in [2.75, 3.05) is 0 Å². The summed E-state index contributed by atoms with van der Waals surface area (Å²) in [5.74, 6) is 6.68. The Kier molecular flexibility index (Phi) is 4.43. The SMILES string of the molecule is CC#Cc1cccc(-n2nnn(C)c2=O)c1COc1ccccc1. The number of nitrogens with zero attached hydrogens (tertiary/aromatic N) is 4. The summed E-state index contributed by atoms with van der Waals surface area (Å²) in [6, 6.07) is 15.0. The van der Waals surface area contributed by atoms with Gasteiger partial charge in [0.2, 0.25) is 0 Å². The first-order chi connectivity index (χ1) is 11.7. The van der Waals surface area contributed by atoms with Gasteiger partial charge in [-0.3, -0.25) is 0 Å². The van der Waals surface area contributed by atoms with Gasteiger partial charge in [-0.05, 0) is 41.6 Å². The zero-order valence-corrected chi connectivity index (χ0v) is 13.4. The summed E-state index contributed by atoms with van der Waals surface area (Å²) in [5.41, 5.74) is 1.88. The van der Waals surface area contributed by atoms with Crippen molar-refractivity contribution in [3.05, 3.63) is 70.1 Å². The lowest BCUT2D eigenvalue weighted by Crippen LogP contribution is -2.23. The van der Waals surface area contributed by atoms with Crippen LogP contribution in [0.15, 0.2) is 53.3 Å². The Morgan fingerprint density at radius 1 is 1.08 bits per heavy atom. The third-order valence-electron chi connectivity index (χ3n) is 3.49. The van der Waals surface area contributed by atoms with Crippen LogP contribution < -0.4 is 10.4 Å². The predicted molar refractivity (Wildman–Crippen MR) is 89.9 cm³/mol. The van der Waals surface area contributed by atoms with Crippen molar-refractivity contribution in [1.82, 2.24) is 19.8 Å². The van der Waals surface area contributed by atoms with Gasteiger partial charge in [0.1, 0.15) is 12.4 Å². The molecule has 0 amide bonds. The number of tetrazole rings is 1. The number of hydrogen-bond donors (Lipinski definition) is 0. The molecule has 0 aliphatic heterocycles. The van der Waals surface area contributed by atoms with Gasteiger partial charge in [-0.25, -0.2) is 4.79 Å². The molecule has 0 unspecified atom stereocenters. The molecule has 6 heteroatoms. The van der Waals surface area contributed by atoms with E-state index in [9.17, 15) is 4.79 Å². The number of para-hydroxylation sites is 1. The standard InChI is InChI=1S/C18H16N4O2/c1-3-8-14-9-7-12-17(22-18(23)21(2)19-20-22)16(14)13-24-15-10-5-4-6-11-15/h4-7,9-12H,13H2,1-2H3.